The second-order valence-corrected chi connectivity index (χ2v) is 13.9. The van der Waals surface area contributed by atoms with Gasteiger partial charge in [-0.3, -0.25) is 19.4 Å². The van der Waals surface area contributed by atoms with Crippen LogP contribution < -0.4 is 11.5 Å². The maximum atomic E-state index is 13.5. The molecule has 3 aliphatic heterocycles. The van der Waals surface area contributed by atoms with Gasteiger partial charge in [0.15, 0.2) is 0 Å². The number of rotatable bonds is 2. The number of hydrogen-bond donors (Lipinski definition) is 2. The van der Waals surface area contributed by atoms with Crippen LogP contribution in [0.5, 0.6) is 0 Å². The molecule has 6 aromatic heterocycles. The fourth-order valence-corrected chi connectivity index (χ4v) is 6.85. The number of carbonyl (C=O) groups is 2. The normalized spacial score (nSPS) is 16.8. The lowest BCUT2D eigenvalue weighted by Crippen LogP contribution is -2.25. The molecule has 14 nitrogen and oxygen atoms in total. The predicted molar refractivity (Wildman–Crippen MR) is 212 cm³/mol. The minimum atomic E-state index is -0.529. The summed E-state index contributed by atoms with van der Waals surface area (Å²) in [6, 6.07) is 30.4. The van der Waals surface area contributed by atoms with E-state index in [9.17, 15) is 9.59 Å². The Kier molecular flexibility index (Phi) is 9.96. The number of nitrogens with two attached hydrogens (primary N) is 2. The number of amidine groups is 2. The minimum absolute atomic E-state index is 0.123. The van der Waals surface area contributed by atoms with Crippen LogP contribution >= 0.6 is 0 Å². The Morgan fingerprint density at radius 2 is 0.732 bits per heavy atom. The molecule has 0 aromatic carbocycles. The molecule has 14 heteroatoms. The van der Waals surface area contributed by atoms with Crippen molar-refractivity contribution in [2.75, 3.05) is 0 Å². The lowest BCUT2D eigenvalue weighted by atomic mass is 10.1. The van der Waals surface area contributed by atoms with Gasteiger partial charge in [0, 0.05) is 50.4 Å². The zero-order valence-electron chi connectivity index (χ0n) is 30.9. The highest BCUT2D eigenvalue weighted by atomic mass is 16.1. The highest BCUT2D eigenvalue weighted by Crippen LogP contribution is 2.26. The third kappa shape index (κ3) is 8.41. The third-order valence-electron chi connectivity index (χ3n) is 9.13. The Balaban J connectivity index is 1.39. The number of nitrogens with zero attached hydrogens (tertiary/aromatic N) is 10. The maximum absolute atomic E-state index is 13.5. The summed E-state index contributed by atoms with van der Waals surface area (Å²) in [7, 11) is 0. The Hall–Kier alpha value is -6.90. The summed E-state index contributed by atoms with van der Waals surface area (Å²) in [5.41, 5.74) is 20.3. The highest BCUT2D eigenvalue weighted by molar-refractivity contribution is 6.04. The molecule has 6 aromatic rings. The predicted octanol–water partition coefficient (Wildman–Crippen LogP) is 5.12. The van der Waals surface area contributed by atoms with E-state index in [0.29, 0.717) is 49.0 Å². The van der Waals surface area contributed by atoms with Gasteiger partial charge in [0.1, 0.15) is 11.7 Å². The molecule has 0 spiro atoms. The van der Waals surface area contributed by atoms with Crippen LogP contribution in [-0.2, 0) is 39.3 Å². The van der Waals surface area contributed by atoms with Gasteiger partial charge < -0.3 is 11.5 Å². The Morgan fingerprint density at radius 3 is 1.04 bits per heavy atom. The van der Waals surface area contributed by atoms with Crippen molar-refractivity contribution in [2.45, 2.75) is 53.1 Å². The monoisotopic (exact) mass is 742 g/mol. The topological polar surface area (TPSA) is 195 Å². The van der Waals surface area contributed by atoms with Gasteiger partial charge in [-0.15, -0.1) is 0 Å². The summed E-state index contributed by atoms with van der Waals surface area (Å²) in [4.78, 5) is 69.8. The molecule has 4 N–H and O–H groups in total. The van der Waals surface area contributed by atoms with Crippen molar-refractivity contribution in [3.05, 3.63) is 142 Å². The number of pyridine rings is 6. The van der Waals surface area contributed by atoms with Crippen LogP contribution in [0.2, 0.25) is 0 Å². The Morgan fingerprint density at radius 1 is 0.446 bits per heavy atom. The molecule has 0 saturated carbocycles. The summed E-state index contributed by atoms with van der Waals surface area (Å²) in [5, 5.41) is 0. The first-order valence-corrected chi connectivity index (χ1v) is 18.1. The molecule has 3 aliphatic rings. The van der Waals surface area contributed by atoms with Gasteiger partial charge in [0.05, 0.1) is 68.3 Å². The SMILES string of the molecule is CC(N)=NC(=O)c1cc2nc(c1)-c1cc(C(=O)N=C(C)N)cc(n1)CN1Cc3cccc(n3)-c3cccc(n3)CN(Cc3cccc(n3)-c3cccc(n3)C1)C2. The first-order valence-electron chi connectivity index (χ1n) is 18.1. The van der Waals surface area contributed by atoms with Gasteiger partial charge in [-0.05, 0) is 86.6 Å². The van der Waals surface area contributed by atoms with Crippen molar-refractivity contribution in [3.8, 4) is 34.2 Å². The van der Waals surface area contributed by atoms with E-state index < -0.39 is 11.8 Å². The average molecular weight is 743 g/mol. The van der Waals surface area contributed by atoms with Gasteiger partial charge in [0.25, 0.3) is 11.8 Å². The Labute approximate surface area is 323 Å². The third-order valence-corrected chi connectivity index (χ3v) is 9.13. The van der Waals surface area contributed by atoms with Crippen LogP contribution in [0.25, 0.3) is 34.2 Å². The lowest BCUT2D eigenvalue weighted by Gasteiger charge is -2.24. The Bertz CT molecular complexity index is 2290. The van der Waals surface area contributed by atoms with Crippen molar-refractivity contribution in [1.82, 2.24) is 39.7 Å². The maximum Gasteiger partial charge on any atom is 0.278 e. The minimum Gasteiger partial charge on any atom is -0.387 e. The van der Waals surface area contributed by atoms with E-state index >= 15 is 0 Å². The van der Waals surface area contributed by atoms with Gasteiger partial charge in [-0.2, -0.15) is 9.98 Å². The lowest BCUT2D eigenvalue weighted by molar-refractivity contribution is 0.0994. The van der Waals surface area contributed by atoms with Crippen LogP contribution in [0.15, 0.2) is 107 Å². The van der Waals surface area contributed by atoms with E-state index in [0.717, 1.165) is 45.6 Å². The molecule has 278 valence electrons. The fraction of sp³-hybridized carbons (Fsp3) is 0.190. The summed E-state index contributed by atoms with van der Waals surface area (Å²) in [5.74, 6) is -0.811. The number of carbonyl (C=O) groups excluding carboxylic acids is 2. The van der Waals surface area contributed by atoms with Crippen molar-refractivity contribution in [1.29, 1.82) is 0 Å². The van der Waals surface area contributed by atoms with Crippen molar-refractivity contribution in [3.63, 3.8) is 0 Å². The molecule has 0 unspecified atom stereocenters. The van der Waals surface area contributed by atoms with Crippen molar-refractivity contribution >= 4 is 23.5 Å². The molecule has 9 rings (SSSR count). The van der Waals surface area contributed by atoms with E-state index in [4.69, 9.17) is 41.4 Å². The highest BCUT2D eigenvalue weighted by Gasteiger charge is 2.21. The van der Waals surface area contributed by atoms with Crippen molar-refractivity contribution < 1.29 is 9.59 Å². The van der Waals surface area contributed by atoms with Gasteiger partial charge in [-0.1, -0.05) is 24.3 Å². The van der Waals surface area contributed by atoms with Gasteiger partial charge >= 0.3 is 0 Å². The molecule has 2 amide bonds. The van der Waals surface area contributed by atoms with E-state index in [-0.39, 0.29) is 35.9 Å². The molecule has 0 atom stereocenters. The molecular weight excluding hydrogens is 705 g/mol. The second kappa shape index (κ2) is 15.5. The molecule has 56 heavy (non-hydrogen) atoms. The van der Waals surface area contributed by atoms with Crippen LogP contribution in [-0.4, -0.2) is 63.2 Å². The summed E-state index contributed by atoms with van der Waals surface area (Å²) >= 11 is 0. The summed E-state index contributed by atoms with van der Waals surface area (Å²) < 4.78 is 0. The zero-order chi connectivity index (χ0) is 38.8. The van der Waals surface area contributed by atoms with E-state index in [1.54, 1.807) is 38.1 Å². The van der Waals surface area contributed by atoms with Gasteiger partial charge in [0.2, 0.25) is 0 Å². The fourth-order valence-electron chi connectivity index (χ4n) is 6.85. The van der Waals surface area contributed by atoms with Crippen LogP contribution in [0.1, 0.15) is 68.7 Å². The molecular formula is C42H38N12O2. The molecule has 14 bridgehead atoms. The summed E-state index contributed by atoms with van der Waals surface area (Å²) in [6.45, 7) is 5.35. The van der Waals surface area contributed by atoms with E-state index in [1.807, 2.05) is 72.8 Å². The van der Waals surface area contributed by atoms with Crippen LogP contribution in [0.4, 0.5) is 0 Å². The van der Waals surface area contributed by atoms with E-state index in [2.05, 4.69) is 19.8 Å². The van der Waals surface area contributed by atoms with Crippen molar-refractivity contribution in [2.24, 2.45) is 21.5 Å². The number of aliphatic imine (C=N–C) groups is 2. The molecule has 0 saturated heterocycles. The number of amides is 2. The summed E-state index contributed by atoms with van der Waals surface area (Å²) in [6.07, 6.45) is 0. The molecule has 9 heterocycles. The zero-order valence-corrected chi connectivity index (χ0v) is 30.9. The number of aromatic nitrogens is 6. The quantitative estimate of drug-likeness (QED) is 0.176. The first-order chi connectivity index (χ1) is 27.1. The molecule has 0 aliphatic carbocycles. The second-order valence-electron chi connectivity index (χ2n) is 13.9. The standard InChI is InChI=1S/C42H38N12O2/c1-25(43)45-41(55)27-15-33-23-53-19-29-7-3-11-35(47-29)37-13-5-9-31(49-37)21-54(22-32-10-6-14-38(50-32)36-12-4-8-30(20-53)48-36)24-34-16-28(42(56)46-26(2)44)18-40(52-34)39(17-27)51-33/h3-18H,19-24H2,1-2H3,(H2,43,45,55)(H2,44,46,56). The molecule has 0 fully saturated rings. The van der Waals surface area contributed by atoms with Crippen LogP contribution in [0, 0.1) is 0 Å². The smallest absolute Gasteiger partial charge is 0.278 e. The van der Waals surface area contributed by atoms with E-state index in [1.165, 1.54) is 0 Å². The average Bonchev–Trinajstić information content (AvgIpc) is 3.17. The molecule has 0 radical (unpaired) electrons. The van der Waals surface area contributed by atoms with Crippen LogP contribution in [0.3, 0.4) is 0 Å². The number of hydrogen-bond acceptors (Lipinski definition) is 10. The first kappa shape index (κ1) is 36.1. The van der Waals surface area contributed by atoms with Gasteiger partial charge in [-0.25, -0.2) is 29.9 Å². The largest absolute Gasteiger partial charge is 0.387 e.